The minimum atomic E-state index is -3.60. The van der Waals surface area contributed by atoms with Gasteiger partial charge in [-0.3, -0.25) is 0 Å². The highest BCUT2D eigenvalue weighted by Gasteiger charge is 2.42. The minimum Gasteiger partial charge on any atom is -0.409 e. The number of nitrogens with zero attached hydrogens (tertiary/aromatic N) is 2. The van der Waals surface area contributed by atoms with Gasteiger partial charge >= 0.3 is 0 Å². The van der Waals surface area contributed by atoms with Crippen molar-refractivity contribution in [2.75, 3.05) is 26.3 Å². The van der Waals surface area contributed by atoms with E-state index in [2.05, 4.69) is 5.16 Å². The van der Waals surface area contributed by atoms with Gasteiger partial charge in [0.15, 0.2) is 5.84 Å². The molecule has 1 aromatic carbocycles. The summed E-state index contributed by atoms with van der Waals surface area (Å²) in [5.74, 6) is -0.108. The van der Waals surface area contributed by atoms with Gasteiger partial charge in [-0.1, -0.05) is 22.9 Å². The molecular weight excluding hydrogens is 334 g/mol. The molecule has 1 aliphatic heterocycles. The van der Waals surface area contributed by atoms with Crippen LogP contribution < -0.4 is 5.73 Å². The van der Waals surface area contributed by atoms with Crippen LogP contribution >= 0.6 is 0 Å². The SMILES string of the molecule is Cc1ccc(S(=O)(=O)N2CCC(OCCO)(C(N)=NO)CC2)cc1. The van der Waals surface area contributed by atoms with E-state index in [1.807, 2.05) is 6.92 Å². The second-order valence-electron chi connectivity index (χ2n) is 5.77. The van der Waals surface area contributed by atoms with E-state index in [1.165, 1.54) is 4.31 Å². The number of rotatable bonds is 6. The Hall–Kier alpha value is -1.68. The molecule has 0 bridgehead atoms. The molecule has 1 heterocycles. The highest BCUT2D eigenvalue weighted by Crippen LogP contribution is 2.30. The number of amidine groups is 1. The van der Waals surface area contributed by atoms with Crippen LogP contribution in [-0.4, -0.2) is 60.8 Å². The van der Waals surface area contributed by atoms with Gasteiger partial charge < -0.3 is 20.8 Å². The molecule has 1 aliphatic rings. The second kappa shape index (κ2) is 7.47. The van der Waals surface area contributed by atoms with Crippen LogP contribution in [0.15, 0.2) is 34.3 Å². The predicted octanol–water partition coefficient (Wildman–Crippen LogP) is 0.274. The van der Waals surface area contributed by atoms with Crippen molar-refractivity contribution in [1.82, 2.24) is 4.31 Å². The van der Waals surface area contributed by atoms with Crippen molar-refractivity contribution < 1.29 is 23.5 Å². The quantitative estimate of drug-likeness (QED) is 0.290. The van der Waals surface area contributed by atoms with Crippen LogP contribution in [0.2, 0.25) is 0 Å². The number of aryl methyl sites for hydroxylation is 1. The summed E-state index contributed by atoms with van der Waals surface area (Å²) in [4.78, 5) is 0.237. The number of ether oxygens (including phenoxy) is 1. The zero-order chi connectivity index (χ0) is 17.8. The van der Waals surface area contributed by atoms with Gasteiger partial charge in [0.1, 0.15) is 5.60 Å². The van der Waals surface area contributed by atoms with Gasteiger partial charge in [0.2, 0.25) is 10.0 Å². The van der Waals surface area contributed by atoms with Gasteiger partial charge in [0, 0.05) is 13.1 Å². The van der Waals surface area contributed by atoms with E-state index in [4.69, 9.17) is 20.8 Å². The van der Waals surface area contributed by atoms with Gasteiger partial charge in [-0.05, 0) is 31.9 Å². The second-order valence-corrected chi connectivity index (χ2v) is 7.71. The number of oxime groups is 1. The Bertz CT molecular complexity index is 680. The summed E-state index contributed by atoms with van der Waals surface area (Å²) < 4.78 is 32.3. The molecule has 0 saturated carbocycles. The Kier molecular flexibility index (Phi) is 5.81. The standard InChI is InChI=1S/C15H23N3O5S/c1-12-2-4-13(5-3-12)24(21,22)18-8-6-15(7-9-18,14(16)17-20)23-11-10-19/h2-5,19-20H,6-11H2,1H3,(H2,16,17). The van der Waals surface area contributed by atoms with Crippen LogP contribution in [0.4, 0.5) is 0 Å². The Morgan fingerprint density at radius 1 is 1.33 bits per heavy atom. The van der Waals surface area contributed by atoms with Gasteiger partial charge in [-0.25, -0.2) is 8.42 Å². The summed E-state index contributed by atoms with van der Waals surface area (Å²) in [6, 6.07) is 6.67. The van der Waals surface area contributed by atoms with Crippen molar-refractivity contribution in [2.45, 2.75) is 30.3 Å². The maximum Gasteiger partial charge on any atom is 0.243 e. The number of hydrogen-bond acceptors (Lipinski definition) is 6. The number of sulfonamides is 1. The molecule has 24 heavy (non-hydrogen) atoms. The molecular formula is C15H23N3O5S. The lowest BCUT2D eigenvalue weighted by molar-refractivity contribution is -0.0398. The normalized spacial score (nSPS) is 19.3. The summed E-state index contributed by atoms with van der Waals surface area (Å²) in [5, 5.41) is 20.9. The molecule has 0 unspecified atom stereocenters. The minimum absolute atomic E-state index is 0.0287. The van der Waals surface area contributed by atoms with Gasteiger partial charge in [0.25, 0.3) is 0 Å². The largest absolute Gasteiger partial charge is 0.409 e. The fourth-order valence-corrected chi connectivity index (χ4v) is 4.20. The monoisotopic (exact) mass is 357 g/mol. The first-order valence-corrected chi connectivity index (χ1v) is 9.09. The van der Waals surface area contributed by atoms with Crippen molar-refractivity contribution in [3.05, 3.63) is 29.8 Å². The van der Waals surface area contributed by atoms with Crippen LogP contribution in [0.1, 0.15) is 18.4 Å². The Labute approximate surface area is 141 Å². The van der Waals surface area contributed by atoms with E-state index in [0.29, 0.717) is 0 Å². The number of hydrogen-bond donors (Lipinski definition) is 3. The summed E-state index contributed by atoms with van der Waals surface area (Å²) in [7, 11) is -3.60. The maximum absolute atomic E-state index is 12.7. The Balaban J connectivity index is 2.16. The van der Waals surface area contributed by atoms with Crippen molar-refractivity contribution >= 4 is 15.9 Å². The van der Waals surface area contributed by atoms with Crippen LogP contribution in [0.3, 0.4) is 0 Å². The third-order valence-corrected chi connectivity index (χ3v) is 6.15. The zero-order valence-corrected chi connectivity index (χ0v) is 14.4. The third-order valence-electron chi connectivity index (χ3n) is 4.23. The Morgan fingerprint density at radius 2 is 1.92 bits per heavy atom. The molecule has 0 spiro atoms. The van der Waals surface area contributed by atoms with Gasteiger partial charge in [-0.15, -0.1) is 0 Å². The Morgan fingerprint density at radius 3 is 2.42 bits per heavy atom. The first-order valence-electron chi connectivity index (χ1n) is 7.65. The van der Waals surface area contributed by atoms with Crippen LogP contribution in [0, 0.1) is 6.92 Å². The average molecular weight is 357 g/mol. The molecule has 0 aliphatic carbocycles. The zero-order valence-electron chi connectivity index (χ0n) is 13.6. The summed E-state index contributed by atoms with van der Waals surface area (Å²) >= 11 is 0. The number of aliphatic hydroxyl groups excluding tert-OH is 1. The smallest absolute Gasteiger partial charge is 0.243 e. The van der Waals surface area contributed by atoms with E-state index < -0.39 is 15.6 Å². The van der Waals surface area contributed by atoms with Gasteiger partial charge in [-0.2, -0.15) is 4.31 Å². The average Bonchev–Trinajstić information content (AvgIpc) is 2.60. The van der Waals surface area contributed by atoms with Crippen molar-refractivity contribution in [3.63, 3.8) is 0 Å². The predicted molar refractivity (Wildman–Crippen MR) is 88.3 cm³/mol. The lowest BCUT2D eigenvalue weighted by Crippen LogP contribution is -2.55. The van der Waals surface area contributed by atoms with Crippen LogP contribution in [0.25, 0.3) is 0 Å². The van der Waals surface area contributed by atoms with Gasteiger partial charge in [0.05, 0.1) is 18.1 Å². The first kappa shape index (κ1) is 18.7. The molecule has 0 radical (unpaired) electrons. The lowest BCUT2D eigenvalue weighted by atomic mass is 9.91. The first-order chi connectivity index (χ1) is 11.4. The number of nitrogens with two attached hydrogens (primary N) is 1. The van der Waals surface area contributed by atoms with Crippen LogP contribution in [-0.2, 0) is 14.8 Å². The summed E-state index contributed by atoms with van der Waals surface area (Å²) in [5.41, 5.74) is 5.65. The molecule has 2 rings (SSSR count). The van der Waals surface area contributed by atoms with E-state index in [9.17, 15) is 8.42 Å². The molecule has 0 aromatic heterocycles. The third kappa shape index (κ3) is 3.69. The molecule has 134 valence electrons. The molecule has 0 atom stereocenters. The van der Waals surface area contributed by atoms with Crippen molar-refractivity contribution in [2.24, 2.45) is 10.9 Å². The molecule has 4 N–H and O–H groups in total. The van der Waals surface area contributed by atoms with E-state index in [1.54, 1.807) is 24.3 Å². The molecule has 9 heteroatoms. The van der Waals surface area contributed by atoms with Crippen molar-refractivity contribution in [1.29, 1.82) is 0 Å². The van der Waals surface area contributed by atoms with E-state index >= 15 is 0 Å². The number of benzene rings is 1. The highest BCUT2D eigenvalue weighted by atomic mass is 32.2. The fourth-order valence-electron chi connectivity index (χ4n) is 2.75. The molecule has 8 nitrogen and oxygen atoms in total. The van der Waals surface area contributed by atoms with E-state index in [-0.39, 0.29) is 49.9 Å². The van der Waals surface area contributed by atoms with E-state index in [0.717, 1.165) is 5.56 Å². The molecule has 1 aromatic rings. The topological polar surface area (TPSA) is 125 Å². The molecule has 1 fully saturated rings. The molecule has 0 amide bonds. The highest BCUT2D eigenvalue weighted by molar-refractivity contribution is 7.89. The van der Waals surface area contributed by atoms with Crippen LogP contribution in [0.5, 0.6) is 0 Å². The number of aliphatic hydroxyl groups is 1. The van der Waals surface area contributed by atoms with Crippen molar-refractivity contribution in [3.8, 4) is 0 Å². The molecule has 1 saturated heterocycles. The maximum atomic E-state index is 12.7. The lowest BCUT2D eigenvalue weighted by Gasteiger charge is -2.39. The number of piperidine rings is 1. The fraction of sp³-hybridized carbons (Fsp3) is 0.533. The summed E-state index contributed by atoms with van der Waals surface area (Å²) in [6.45, 7) is 2.07. The summed E-state index contributed by atoms with van der Waals surface area (Å²) in [6.07, 6.45) is 0.488.